The Bertz CT molecular complexity index is 638. The highest BCUT2D eigenvalue weighted by Gasteiger charge is 2.48. The molecule has 1 aliphatic carbocycles. The molecule has 4 rings (SSSR count). The molecule has 1 amide bonds. The monoisotopic (exact) mass is 340 g/mol. The number of carbonyl (C=O) groups is 1. The summed E-state index contributed by atoms with van der Waals surface area (Å²) in [6, 6.07) is 5.78. The van der Waals surface area contributed by atoms with E-state index < -0.39 is 0 Å². The first kappa shape index (κ1) is 17.1. The molecule has 1 spiro atoms. The predicted molar refractivity (Wildman–Crippen MR) is 97.6 cm³/mol. The number of carbonyl (C=O) groups excluding carboxylic acids is 1. The van der Waals surface area contributed by atoms with E-state index in [0.717, 1.165) is 76.4 Å². The molecule has 5 nitrogen and oxygen atoms in total. The quantitative estimate of drug-likeness (QED) is 0.830. The average molecular weight is 340 g/mol. The number of anilines is 1. The largest absolute Gasteiger partial charge is 0.379 e. The second kappa shape index (κ2) is 7.10. The molecule has 2 aliphatic heterocycles. The van der Waals surface area contributed by atoms with Gasteiger partial charge in [-0.3, -0.25) is 9.69 Å². The van der Waals surface area contributed by atoms with Gasteiger partial charge in [-0.05, 0) is 37.3 Å². The highest BCUT2D eigenvalue weighted by atomic mass is 16.5. The number of fused-ring (bicyclic) bond motifs is 2. The van der Waals surface area contributed by atoms with Crippen LogP contribution in [0, 0.1) is 0 Å². The molecule has 0 atom stereocenters. The molecule has 2 heterocycles. The van der Waals surface area contributed by atoms with Gasteiger partial charge in [-0.15, -0.1) is 0 Å². The van der Waals surface area contributed by atoms with E-state index in [9.17, 15) is 4.79 Å². The van der Waals surface area contributed by atoms with E-state index in [2.05, 4.69) is 10.2 Å². The normalized spacial score (nSPS) is 29.6. The summed E-state index contributed by atoms with van der Waals surface area (Å²) in [6.45, 7) is 5.37. The summed E-state index contributed by atoms with van der Waals surface area (Å²) in [6.07, 6.45) is 3.81. The minimum atomic E-state index is -0.382. The highest BCUT2D eigenvalue weighted by Crippen LogP contribution is 2.47. The third-order valence-electron chi connectivity index (χ3n) is 5.89. The Hall–Kier alpha value is -1.37. The van der Waals surface area contributed by atoms with Crippen molar-refractivity contribution in [2.45, 2.75) is 37.2 Å². The Kier molecular flexibility index (Phi) is 4.85. The first-order valence-corrected chi connectivity index (χ1v) is 9.30. The molecule has 1 N–H and O–H groups in total. The fraction of sp³-hybridized carbons (Fsp3) is 0.632. The third kappa shape index (κ3) is 3.35. The predicted octanol–water partition coefficient (Wildman–Crippen LogP) is 0.962. The maximum absolute atomic E-state index is 12.6. The number of ether oxygens (including phenoxy) is 2. The molecule has 6 heteroatoms. The fourth-order valence-electron chi connectivity index (χ4n) is 4.37. The Balaban J connectivity index is 1.32. The molecule has 1 saturated carbocycles. The van der Waals surface area contributed by atoms with Crippen molar-refractivity contribution in [3.8, 4) is 0 Å². The van der Waals surface area contributed by atoms with Gasteiger partial charge in [0.25, 0.3) is 0 Å². The van der Waals surface area contributed by atoms with E-state index in [0.29, 0.717) is 5.46 Å². The van der Waals surface area contributed by atoms with E-state index >= 15 is 0 Å². The van der Waals surface area contributed by atoms with Crippen molar-refractivity contribution >= 4 is 24.9 Å². The summed E-state index contributed by atoms with van der Waals surface area (Å²) < 4.78 is 11.5. The lowest BCUT2D eigenvalue weighted by Gasteiger charge is -2.36. The minimum Gasteiger partial charge on any atom is -0.379 e. The standard InChI is InChI=1S/C19H25BN2O3/c20-14-1-2-16-17(13-14)21-18(23)19(16)5-3-15(4-6-19)25-12-9-22-7-10-24-11-8-22/h1-2,13,15H,3-12H2,(H,21,23). The van der Waals surface area contributed by atoms with Gasteiger partial charge in [0, 0.05) is 25.3 Å². The molecule has 132 valence electrons. The van der Waals surface area contributed by atoms with Crippen LogP contribution < -0.4 is 10.8 Å². The van der Waals surface area contributed by atoms with E-state index in [-0.39, 0.29) is 17.4 Å². The lowest BCUT2D eigenvalue weighted by molar-refractivity contribution is -0.123. The maximum atomic E-state index is 12.6. The summed E-state index contributed by atoms with van der Waals surface area (Å²) in [4.78, 5) is 15.0. The zero-order valence-electron chi connectivity index (χ0n) is 14.6. The van der Waals surface area contributed by atoms with Crippen LogP contribution in [0.15, 0.2) is 18.2 Å². The second-order valence-electron chi connectivity index (χ2n) is 7.37. The number of hydrogen-bond donors (Lipinski definition) is 1. The number of amides is 1. The molecule has 2 radical (unpaired) electrons. The van der Waals surface area contributed by atoms with Gasteiger partial charge in [0.2, 0.25) is 5.91 Å². The van der Waals surface area contributed by atoms with Crippen molar-refractivity contribution in [1.82, 2.24) is 4.90 Å². The molecule has 0 bridgehead atoms. The number of nitrogens with one attached hydrogen (secondary N) is 1. The third-order valence-corrected chi connectivity index (χ3v) is 5.89. The van der Waals surface area contributed by atoms with Crippen molar-refractivity contribution in [1.29, 1.82) is 0 Å². The first-order valence-electron chi connectivity index (χ1n) is 9.30. The first-order chi connectivity index (χ1) is 12.2. The molecule has 1 aromatic rings. The SMILES string of the molecule is [B]c1ccc2c(c1)NC(=O)C21CCC(OCCN2CCOCC2)CC1. The molecule has 25 heavy (non-hydrogen) atoms. The molecular formula is C19H25BN2O3. The van der Waals surface area contributed by atoms with Crippen LogP contribution in [-0.4, -0.2) is 64.2 Å². The fourth-order valence-corrected chi connectivity index (χ4v) is 4.37. The van der Waals surface area contributed by atoms with E-state index in [1.54, 1.807) is 0 Å². The number of hydrogen-bond acceptors (Lipinski definition) is 4. The van der Waals surface area contributed by atoms with Crippen LogP contribution in [0.25, 0.3) is 0 Å². The topological polar surface area (TPSA) is 50.8 Å². The second-order valence-corrected chi connectivity index (χ2v) is 7.37. The maximum Gasteiger partial charge on any atom is 0.235 e. The molecule has 2 fully saturated rings. The summed E-state index contributed by atoms with van der Waals surface area (Å²) >= 11 is 0. The lowest BCUT2D eigenvalue weighted by atomic mass is 9.69. The van der Waals surface area contributed by atoms with Crippen molar-refractivity contribution in [2.24, 2.45) is 0 Å². The molecule has 0 aromatic heterocycles. The number of nitrogens with zero attached hydrogens (tertiary/aromatic N) is 1. The van der Waals surface area contributed by atoms with Gasteiger partial charge in [-0.2, -0.15) is 0 Å². The summed E-state index contributed by atoms with van der Waals surface area (Å²) in [5.74, 6) is 0.125. The van der Waals surface area contributed by atoms with Gasteiger partial charge in [-0.25, -0.2) is 0 Å². The van der Waals surface area contributed by atoms with Crippen LogP contribution in [0.4, 0.5) is 5.69 Å². The van der Waals surface area contributed by atoms with Gasteiger partial charge >= 0.3 is 0 Å². The number of morpholine rings is 1. The Morgan fingerprint density at radius 1 is 1.28 bits per heavy atom. The van der Waals surface area contributed by atoms with Gasteiger partial charge < -0.3 is 14.8 Å². The van der Waals surface area contributed by atoms with Crippen LogP contribution in [0.5, 0.6) is 0 Å². The Labute approximate surface area is 150 Å². The minimum absolute atomic E-state index is 0.125. The number of rotatable bonds is 4. The number of benzene rings is 1. The van der Waals surface area contributed by atoms with Crippen LogP contribution in [0.1, 0.15) is 31.2 Å². The van der Waals surface area contributed by atoms with Crippen LogP contribution in [0.2, 0.25) is 0 Å². The van der Waals surface area contributed by atoms with Crippen LogP contribution in [-0.2, 0) is 19.7 Å². The zero-order valence-corrected chi connectivity index (χ0v) is 14.6. The summed E-state index contributed by atoms with van der Waals surface area (Å²) in [5, 5.41) is 3.02. The van der Waals surface area contributed by atoms with E-state index in [1.165, 1.54) is 0 Å². The van der Waals surface area contributed by atoms with Gasteiger partial charge in [0.1, 0.15) is 7.85 Å². The van der Waals surface area contributed by atoms with Gasteiger partial charge in [0.15, 0.2) is 0 Å². The van der Waals surface area contributed by atoms with Crippen molar-refractivity contribution in [3.63, 3.8) is 0 Å². The molecule has 1 saturated heterocycles. The van der Waals surface area contributed by atoms with Crippen molar-refractivity contribution in [2.75, 3.05) is 44.8 Å². The lowest BCUT2D eigenvalue weighted by Crippen LogP contribution is -2.41. The van der Waals surface area contributed by atoms with Crippen LogP contribution >= 0.6 is 0 Å². The Morgan fingerprint density at radius 3 is 2.80 bits per heavy atom. The van der Waals surface area contributed by atoms with Crippen LogP contribution in [0.3, 0.4) is 0 Å². The molecule has 3 aliphatic rings. The van der Waals surface area contributed by atoms with Gasteiger partial charge in [-0.1, -0.05) is 17.6 Å². The molecule has 0 unspecified atom stereocenters. The van der Waals surface area contributed by atoms with Gasteiger partial charge in [0.05, 0.1) is 31.3 Å². The Morgan fingerprint density at radius 2 is 2.04 bits per heavy atom. The average Bonchev–Trinajstić information content (AvgIpc) is 2.88. The van der Waals surface area contributed by atoms with Crippen molar-refractivity contribution < 1.29 is 14.3 Å². The summed E-state index contributed by atoms with van der Waals surface area (Å²) in [7, 11) is 5.85. The molecule has 1 aromatic carbocycles. The van der Waals surface area contributed by atoms with Crippen molar-refractivity contribution in [3.05, 3.63) is 23.8 Å². The summed E-state index contributed by atoms with van der Waals surface area (Å²) in [5.41, 5.74) is 2.30. The molecular weight excluding hydrogens is 315 g/mol. The van der Waals surface area contributed by atoms with E-state index in [1.807, 2.05) is 18.2 Å². The smallest absolute Gasteiger partial charge is 0.235 e. The zero-order chi connectivity index (χ0) is 17.3. The highest BCUT2D eigenvalue weighted by molar-refractivity contribution is 6.33. The van der Waals surface area contributed by atoms with E-state index in [4.69, 9.17) is 17.3 Å².